The van der Waals surface area contributed by atoms with E-state index in [9.17, 15) is 14.4 Å². The summed E-state index contributed by atoms with van der Waals surface area (Å²) < 4.78 is 0. The molecule has 0 radical (unpaired) electrons. The molecule has 3 aromatic carbocycles. The van der Waals surface area contributed by atoms with Crippen LogP contribution in [0.2, 0.25) is 0 Å². The summed E-state index contributed by atoms with van der Waals surface area (Å²) in [5.74, 6) is -2.18. The Bertz CT molecular complexity index is 1350. The van der Waals surface area contributed by atoms with Gasteiger partial charge in [-0.25, -0.2) is 4.90 Å². The second kappa shape index (κ2) is 8.03. The highest BCUT2D eigenvalue weighted by Gasteiger charge is 2.70. The highest BCUT2D eigenvalue weighted by atomic mass is 16.2. The molecule has 6 rings (SSSR count). The van der Waals surface area contributed by atoms with Gasteiger partial charge in [0.2, 0.25) is 11.8 Å². The van der Waals surface area contributed by atoms with Crippen LogP contribution in [0.15, 0.2) is 91.0 Å². The quantitative estimate of drug-likeness (QED) is 0.599. The van der Waals surface area contributed by atoms with Gasteiger partial charge in [-0.3, -0.25) is 19.7 Å². The van der Waals surface area contributed by atoms with Crippen LogP contribution in [0, 0.1) is 11.8 Å². The second-order valence-electron chi connectivity index (χ2n) is 9.34. The van der Waals surface area contributed by atoms with Crippen LogP contribution in [0.3, 0.4) is 0 Å². The number of carbonyl (C=O) groups excluding carboxylic acids is 3. The van der Waals surface area contributed by atoms with Crippen LogP contribution in [-0.4, -0.2) is 30.3 Å². The molecule has 2 fully saturated rings. The smallest absolute Gasteiger partial charge is 0.253 e. The summed E-state index contributed by atoms with van der Waals surface area (Å²) in [5.41, 5.74) is 1.85. The minimum absolute atomic E-state index is 0.188. The van der Waals surface area contributed by atoms with Crippen molar-refractivity contribution in [2.45, 2.75) is 18.5 Å². The maximum atomic E-state index is 14.2. The first-order chi connectivity index (χ1) is 17.0. The minimum Gasteiger partial charge on any atom is -0.306 e. The number of anilines is 2. The van der Waals surface area contributed by atoms with E-state index in [4.69, 9.17) is 0 Å². The highest BCUT2D eigenvalue weighted by Crippen LogP contribution is 2.54. The summed E-state index contributed by atoms with van der Waals surface area (Å²) >= 11 is 0. The molecular weight excluding hydrogens is 438 g/mol. The molecule has 3 aliphatic rings. The first-order valence-electron chi connectivity index (χ1n) is 11.9. The molecular formula is C29H25N3O3. The van der Waals surface area contributed by atoms with E-state index < -0.39 is 17.4 Å². The molecule has 6 nitrogen and oxygen atoms in total. The van der Waals surface area contributed by atoms with E-state index >= 15 is 0 Å². The first kappa shape index (κ1) is 21.5. The lowest BCUT2D eigenvalue weighted by molar-refractivity contribution is -0.132. The van der Waals surface area contributed by atoms with Crippen LogP contribution in [0.4, 0.5) is 11.4 Å². The Morgan fingerprint density at radius 1 is 0.857 bits per heavy atom. The van der Waals surface area contributed by atoms with Crippen molar-refractivity contribution < 1.29 is 14.4 Å². The van der Waals surface area contributed by atoms with Crippen LogP contribution >= 0.6 is 0 Å². The second-order valence-corrected chi connectivity index (χ2v) is 9.34. The molecule has 1 spiro atoms. The van der Waals surface area contributed by atoms with Crippen molar-refractivity contribution in [3.8, 4) is 0 Å². The number of amides is 3. The van der Waals surface area contributed by atoms with Crippen LogP contribution in [0.5, 0.6) is 0 Å². The molecule has 35 heavy (non-hydrogen) atoms. The van der Waals surface area contributed by atoms with Crippen LogP contribution in [-0.2, 0) is 19.9 Å². The van der Waals surface area contributed by atoms with Crippen molar-refractivity contribution >= 4 is 35.2 Å². The van der Waals surface area contributed by atoms with Gasteiger partial charge in [0.1, 0.15) is 5.54 Å². The predicted molar refractivity (Wildman–Crippen MR) is 134 cm³/mol. The summed E-state index contributed by atoms with van der Waals surface area (Å²) in [5, 5.41) is 3.42. The zero-order valence-electron chi connectivity index (χ0n) is 19.3. The van der Waals surface area contributed by atoms with E-state index in [1.165, 1.54) is 4.90 Å². The number of fused-ring (bicyclic) bond motifs is 4. The number of nitrogens with zero attached hydrogens (tertiary/aromatic N) is 2. The Morgan fingerprint density at radius 3 is 2.26 bits per heavy atom. The number of hydrogen-bond acceptors (Lipinski definition) is 4. The fourth-order valence-electron chi connectivity index (χ4n) is 5.98. The van der Waals surface area contributed by atoms with Gasteiger partial charge in [0.15, 0.2) is 0 Å². The average molecular weight is 464 g/mol. The normalized spacial score (nSPS) is 27.3. The lowest BCUT2D eigenvalue weighted by Gasteiger charge is -2.30. The Morgan fingerprint density at radius 2 is 1.51 bits per heavy atom. The Balaban J connectivity index is 1.40. The molecule has 4 atom stereocenters. The van der Waals surface area contributed by atoms with E-state index in [0.29, 0.717) is 12.2 Å². The number of nitrogens with one attached hydrogen (secondary N) is 1. The highest BCUT2D eigenvalue weighted by molar-refractivity contribution is 6.26. The molecule has 174 valence electrons. The monoisotopic (exact) mass is 463 g/mol. The van der Waals surface area contributed by atoms with E-state index in [2.05, 4.69) is 5.32 Å². The lowest BCUT2D eigenvalue weighted by Crippen LogP contribution is -2.55. The summed E-state index contributed by atoms with van der Waals surface area (Å²) in [6.07, 6.45) is 3.94. The third kappa shape index (κ3) is 3.03. The molecule has 2 saturated heterocycles. The number of rotatable bonds is 4. The van der Waals surface area contributed by atoms with Crippen molar-refractivity contribution in [2.75, 3.05) is 16.3 Å². The van der Waals surface area contributed by atoms with Gasteiger partial charge < -0.3 is 4.90 Å². The summed E-state index contributed by atoms with van der Waals surface area (Å²) in [6, 6.07) is 26.1. The topological polar surface area (TPSA) is 69.7 Å². The van der Waals surface area contributed by atoms with E-state index in [-0.39, 0.29) is 23.8 Å². The maximum absolute atomic E-state index is 14.2. The van der Waals surface area contributed by atoms with Crippen molar-refractivity contribution in [3.05, 3.63) is 102 Å². The molecule has 0 aliphatic carbocycles. The largest absolute Gasteiger partial charge is 0.306 e. The minimum atomic E-state index is -1.27. The Hall–Kier alpha value is -4.03. The third-order valence-corrected chi connectivity index (χ3v) is 7.43. The fourth-order valence-corrected chi connectivity index (χ4v) is 5.98. The number of hydrogen-bond donors (Lipinski definition) is 1. The molecule has 3 heterocycles. The van der Waals surface area contributed by atoms with Gasteiger partial charge in [-0.05, 0) is 30.7 Å². The fraction of sp³-hybridized carbons (Fsp3) is 0.207. The molecule has 4 unspecified atom stereocenters. The van der Waals surface area contributed by atoms with Crippen molar-refractivity contribution in [2.24, 2.45) is 11.8 Å². The van der Waals surface area contributed by atoms with Crippen molar-refractivity contribution in [3.63, 3.8) is 0 Å². The number of benzene rings is 3. The molecule has 0 aromatic heterocycles. The predicted octanol–water partition coefficient (Wildman–Crippen LogP) is 3.74. The van der Waals surface area contributed by atoms with Crippen LogP contribution in [0.1, 0.15) is 18.1 Å². The van der Waals surface area contributed by atoms with Gasteiger partial charge >= 0.3 is 0 Å². The van der Waals surface area contributed by atoms with Crippen molar-refractivity contribution in [1.82, 2.24) is 5.32 Å². The van der Waals surface area contributed by atoms with Gasteiger partial charge in [0, 0.05) is 23.8 Å². The molecule has 0 saturated carbocycles. The van der Waals surface area contributed by atoms with E-state index in [1.807, 2.05) is 79.7 Å². The van der Waals surface area contributed by atoms with Crippen LogP contribution in [0.25, 0.3) is 6.08 Å². The average Bonchev–Trinajstić information content (AvgIpc) is 3.43. The Kier molecular flexibility index (Phi) is 4.93. The van der Waals surface area contributed by atoms with E-state index in [0.717, 1.165) is 16.8 Å². The number of para-hydroxylation sites is 2. The van der Waals surface area contributed by atoms with Gasteiger partial charge in [0.05, 0.1) is 17.5 Å². The molecule has 1 N–H and O–H groups in total. The summed E-state index contributed by atoms with van der Waals surface area (Å²) in [7, 11) is 0. The third-order valence-electron chi connectivity index (χ3n) is 7.43. The zero-order valence-corrected chi connectivity index (χ0v) is 19.3. The van der Waals surface area contributed by atoms with Crippen LogP contribution < -0.4 is 15.1 Å². The number of carbonyl (C=O) groups is 3. The Labute approximate surface area is 203 Å². The van der Waals surface area contributed by atoms with Gasteiger partial charge in [0.25, 0.3) is 5.91 Å². The molecule has 3 amide bonds. The lowest BCUT2D eigenvalue weighted by atomic mass is 9.76. The first-order valence-corrected chi connectivity index (χ1v) is 11.9. The maximum Gasteiger partial charge on any atom is 0.253 e. The van der Waals surface area contributed by atoms with Gasteiger partial charge in [-0.15, -0.1) is 0 Å². The number of imide groups is 1. The van der Waals surface area contributed by atoms with E-state index in [1.54, 1.807) is 29.2 Å². The molecule has 6 heteroatoms. The van der Waals surface area contributed by atoms with Gasteiger partial charge in [-0.2, -0.15) is 0 Å². The summed E-state index contributed by atoms with van der Waals surface area (Å²) in [4.78, 5) is 44.5. The zero-order chi connectivity index (χ0) is 24.2. The van der Waals surface area contributed by atoms with Gasteiger partial charge in [-0.1, -0.05) is 78.9 Å². The van der Waals surface area contributed by atoms with Crippen molar-refractivity contribution in [1.29, 1.82) is 0 Å². The molecule has 3 aromatic rings. The molecule has 3 aliphatic heterocycles. The SMILES string of the molecule is CC1NC2(C(=O)N(C/C=C/c3ccccc3)c3ccccc32)C2C(=O)N(c3ccccc3)C(=O)C12. The standard InChI is InChI=1S/C29H25N3O3/c1-19-24-25(27(34)32(26(24)33)21-14-6-3-7-15-21)29(30-19)22-16-8-9-17-23(22)31(28(29)35)18-10-13-20-11-4-2-5-12-20/h2-17,19,24-25,30H,18H2,1H3/b13-10+. The molecule has 0 bridgehead atoms. The summed E-state index contributed by atoms with van der Waals surface area (Å²) in [6.45, 7) is 2.25.